The number of para-hydroxylation sites is 1. The molecule has 2 N–H and O–H groups in total. The molecule has 6 heteroatoms. The molecule has 154 valence electrons. The summed E-state index contributed by atoms with van der Waals surface area (Å²) in [5, 5.41) is 12.3. The van der Waals surface area contributed by atoms with Gasteiger partial charge in [0.15, 0.2) is 0 Å². The van der Waals surface area contributed by atoms with Gasteiger partial charge in [0.05, 0.1) is 19.8 Å². The summed E-state index contributed by atoms with van der Waals surface area (Å²) in [7, 11) is 1.66. The highest BCUT2D eigenvalue weighted by molar-refractivity contribution is 5.95. The molecule has 2 fully saturated rings. The summed E-state index contributed by atoms with van der Waals surface area (Å²) >= 11 is 0. The van der Waals surface area contributed by atoms with Crippen molar-refractivity contribution in [2.24, 2.45) is 0 Å². The van der Waals surface area contributed by atoms with Gasteiger partial charge >= 0.3 is 0 Å². The Balaban J connectivity index is 1.37. The SMILES string of the molecule is COc1ccccc1-c1ccc(C(=O)N[C@H]2C[C@H]3CO[C@@H](CCO)CN3C2)cc1. The zero-order chi connectivity index (χ0) is 20.2. The zero-order valence-electron chi connectivity index (χ0n) is 16.7. The van der Waals surface area contributed by atoms with E-state index in [2.05, 4.69) is 10.2 Å². The van der Waals surface area contributed by atoms with Gasteiger partial charge in [-0.2, -0.15) is 0 Å². The molecule has 0 spiro atoms. The average Bonchev–Trinajstić information content (AvgIpc) is 3.15. The van der Waals surface area contributed by atoms with Crippen LogP contribution in [0.1, 0.15) is 23.2 Å². The van der Waals surface area contributed by atoms with Crippen molar-refractivity contribution in [1.29, 1.82) is 0 Å². The van der Waals surface area contributed by atoms with Crippen molar-refractivity contribution in [2.45, 2.75) is 31.0 Å². The van der Waals surface area contributed by atoms with E-state index in [4.69, 9.17) is 14.6 Å². The van der Waals surface area contributed by atoms with E-state index in [0.29, 0.717) is 24.6 Å². The van der Waals surface area contributed by atoms with Crippen LogP contribution in [0.2, 0.25) is 0 Å². The number of ether oxygens (including phenoxy) is 2. The lowest BCUT2D eigenvalue weighted by atomic mass is 10.0. The smallest absolute Gasteiger partial charge is 0.251 e. The molecule has 0 saturated carbocycles. The van der Waals surface area contributed by atoms with E-state index >= 15 is 0 Å². The molecule has 0 unspecified atom stereocenters. The van der Waals surface area contributed by atoms with E-state index in [1.165, 1.54) is 0 Å². The predicted molar refractivity (Wildman–Crippen MR) is 111 cm³/mol. The fourth-order valence-corrected chi connectivity index (χ4v) is 4.32. The minimum absolute atomic E-state index is 0.0470. The molecule has 2 aromatic rings. The second-order valence-corrected chi connectivity index (χ2v) is 7.76. The third-order valence-corrected chi connectivity index (χ3v) is 5.84. The van der Waals surface area contributed by atoms with Crippen LogP contribution in [0.3, 0.4) is 0 Å². The van der Waals surface area contributed by atoms with E-state index < -0.39 is 0 Å². The van der Waals surface area contributed by atoms with E-state index in [9.17, 15) is 4.79 Å². The topological polar surface area (TPSA) is 71.0 Å². The van der Waals surface area contributed by atoms with Gasteiger partial charge in [0, 0.05) is 42.9 Å². The molecule has 29 heavy (non-hydrogen) atoms. The molecule has 0 aromatic heterocycles. The zero-order valence-corrected chi connectivity index (χ0v) is 16.7. The van der Waals surface area contributed by atoms with Crippen LogP contribution in [0.15, 0.2) is 48.5 Å². The van der Waals surface area contributed by atoms with Crippen LogP contribution in [-0.2, 0) is 4.74 Å². The van der Waals surface area contributed by atoms with Gasteiger partial charge in [-0.05, 0) is 36.6 Å². The number of aliphatic hydroxyl groups excluding tert-OH is 1. The molecule has 1 amide bonds. The summed E-state index contributed by atoms with van der Waals surface area (Å²) in [5.41, 5.74) is 2.68. The Morgan fingerprint density at radius 3 is 2.76 bits per heavy atom. The van der Waals surface area contributed by atoms with Gasteiger partial charge < -0.3 is 19.9 Å². The lowest BCUT2D eigenvalue weighted by Gasteiger charge is -2.34. The van der Waals surface area contributed by atoms with Crippen molar-refractivity contribution < 1.29 is 19.4 Å². The number of fused-ring (bicyclic) bond motifs is 1. The monoisotopic (exact) mass is 396 g/mol. The largest absolute Gasteiger partial charge is 0.496 e. The first-order valence-corrected chi connectivity index (χ1v) is 10.2. The number of methoxy groups -OCH3 is 1. The molecular formula is C23H28N2O4. The highest BCUT2D eigenvalue weighted by atomic mass is 16.5. The highest BCUT2D eigenvalue weighted by Crippen LogP contribution is 2.30. The van der Waals surface area contributed by atoms with E-state index in [1.807, 2.05) is 48.5 Å². The summed E-state index contributed by atoms with van der Waals surface area (Å²) in [6.07, 6.45) is 1.66. The van der Waals surface area contributed by atoms with Crippen LogP contribution in [0.4, 0.5) is 0 Å². The molecule has 2 saturated heterocycles. The molecule has 0 aliphatic carbocycles. The number of carbonyl (C=O) groups is 1. The summed E-state index contributed by atoms with van der Waals surface area (Å²) < 4.78 is 11.2. The summed E-state index contributed by atoms with van der Waals surface area (Å²) in [6.45, 7) is 2.48. The van der Waals surface area contributed by atoms with Crippen LogP contribution in [0, 0.1) is 0 Å². The van der Waals surface area contributed by atoms with Crippen LogP contribution >= 0.6 is 0 Å². The standard InChI is InChI=1S/C23H28N2O4/c1-28-22-5-3-2-4-21(22)16-6-8-17(9-7-16)23(27)24-18-12-19-15-29-20(10-11-26)14-25(19)13-18/h2-9,18-20,26H,10-15H2,1H3,(H,24,27)/t18-,19-,20-/m0/s1. The Morgan fingerprint density at radius 1 is 1.21 bits per heavy atom. The maximum atomic E-state index is 12.7. The minimum Gasteiger partial charge on any atom is -0.496 e. The Bertz CT molecular complexity index is 839. The van der Waals surface area contributed by atoms with Gasteiger partial charge in [-0.25, -0.2) is 0 Å². The van der Waals surface area contributed by atoms with E-state index in [-0.39, 0.29) is 24.7 Å². The van der Waals surface area contributed by atoms with Crippen LogP contribution in [0.25, 0.3) is 11.1 Å². The third-order valence-electron chi connectivity index (χ3n) is 5.84. The number of aliphatic hydroxyl groups is 1. The molecule has 2 heterocycles. The fourth-order valence-electron chi connectivity index (χ4n) is 4.32. The van der Waals surface area contributed by atoms with Crippen molar-refractivity contribution in [1.82, 2.24) is 10.2 Å². The number of nitrogens with one attached hydrogen (secondary N) is 1. The van der Waals surface area contributed by atoms with Crippen LogP contribution in [-0.4, -0.2) is 67.5 Å². The molecule has 0 bridgehead atoms. The maximum Gasteiger partial charge on any atom is 0.251 e. The van der Waals surface area contributed by atoms with Crippen molar-refractivity contribution in [2.75, 3.05) is 33.4 Å². The number of rotatable bonds is 6. The van der Waals surface area contributed by atoms with Crippen molar-refractivity contribution in [3.8, 4) is 16.9 Å². The summed E-state index contributed by atoms with van der Waals surface area (Å²) in [4.78, 5) is 15.1. The van der Waals surface area contributed by atoms with Crippen molar-refractivity contribution >= 4 is 5.91 Å². The molecule has 4 rings (SSSR count). The fraction of sp³-hybridized carbons (Fsp3) is 0.435. The van der Waals surface area contributed by atoms with Gasteiger partial charge in [-0.3, -0.25) is 9.69 Å². The Hall–Kier alpha value is -2.41. The first kappa shape index (κ1) is 19.9. The number of hydrogen-bond donors (Lipinski definition) is 2. The number of amides is 1. The van der Waals surface area contributed by atoms with Crippen LogP contribution in [0.5, 0.6) is 5.75 Å². The number of benzene rings is 2. The normalized spacial score (nSPS) is 24.1. The molecule has 2 aliphatic heterocycles. The molecule has 2 aliphatic rings. The quantitative estimate of drug-likeness (QED) is 0.784. The Morgan fingerprint density at radius 2 is 2.00 bits per heavy atom. The first-order chi connectivity index (χ1) is 14.2. The highest BCUT2D eigenvalue weighted by Gasteiger charge is 2.37. The lowest BCUT2D eigenvalue weighted by molar-refractivity contribution is -0.0566. The minimum atomic E-state index is -0.0470. The van der Waals surface area contributed by atoms with Gasteiger partial charge in [0.1, 0.15) is 5.75 Å². The van der Waals surface area contributed by atoms with Gasteiger partial charge in [0.2, 0.25) is 0 Å². The molecular weight excluding hydrogens is 368 g/mol. The number of morpholine rings is 1. The van der Waals surface area contributed by atoms with E-state index in [0.717, 1.165) is 36.4 Å². The van der Waals surface area contributed by atoms with E-state index in [1.54, 1.807) is 7.11 Å². The van der Waals surface area contributed by atoms with Gasteiger partial charge in [0.25, 0.3) is 5.91 Å². The number of nitrogens with zero attached hydrogens (tertiary/aromatic N) is 1. The Labute approximate surface area is 171 Å². The van der Waals surface area contributed by atoms with Crippen molar-refractivity contribution in [3.05, 3.63) is 54.1 Å². The molecule has 3 atom stereocenters. The second kappa shape index (κ2) is 8.95. The summed E-state index contributed by atoms with van der Waals surface area (Å²) in [5.74, 6) is 0.767. The first-order valence-electron chi connectivity index (χ1n) is 10.2. The second-order valence-electron chi connectivity index (χ2n) is 7.76. The maximum absolute atomic E-state index is 12.7. The average molecular weight is 396 g/mol. The third kappa shape index (κ3) is 4.45. The lowest BCUT2D eigenvalue weighted by Crippen LogP contribution is -2.46. The Kier molecular flexibility index (Phi) is 6.13. The van der Waals surface area contributed by atoms with Crippen LogP contribution < -0.4 is 10.1 Å². The van der Waals surface area contributed by atoms with Crippen molar-refractivity contribution in [3.63, 3.8) is 0 Å². The summed E-state index contributed by atoms with van der Waals surface area (Å²) in [6, 6.07) is 16.0. The number of carbonyl (C=O) groups excluding carboxylic acids is 1. The number of hydrogen-bond acceptors (Lipinski definition) is 5. The molecule has 0 radical (unpaired) electrons. The van der Waals surface area contributed by atoms with Gasteiger partial charge in [-0.1, -0.05) is 30.3 Å². The molecule has 6 nitrogen and oxygen atoms in total. The predicted octanol–water partition coefficient (Wildman–Crippen LogP) is 2.32. The molecule has 2 aromatic carbocycles. The van der Waals surface area contributed by atoms with Gasteiger partial charge in [-0.15, -0.1) is 0 Å².